The maximum absolute atomic E-state index is 11.7. The van der Waals surface area contributed by atoms with E-state index in [2.05, 4.69) is 24.9 Å². The molecule has 1 aliphatic heterocycles. The molecular formula is C20H28N4O4. The van der Waals surface area contributed by atoms with Gasteiger partial charge in [-0.2, -0.15) is 0 Å². The van der Waals surface area contributed by atoms with Crippen molar-refractivity contribution in [3.05, 3.63) is 18.1 Å². The molecule has 3 fully saturated rings. The van der Waals surface area contributed by atoms with E-state index in [-0.39, 0.29) is 23.7 Å². The van der Waals surface area contributed by atoms with Crippen LogP contribution >= 0.6 is 0 Å². The second kappa shape index (κ2) is 8.03. The number of carbonyl (C=O) groups excluding carboxylic acids is 2. The van der Waals surface area contributed by atoms with Crippen LogP contribution in [0, 0.1) is 17.8 Å². The summed E-state index contributed by atoms with van der Waals surface area (Å²) >= 11 is 0. The van der Waals surface area contributed by atoms with Crippen molar-refractivity contribution in [2.45, 2.75) is 44.8 Å². The highest BCUT2D eigenvalue weighted by molar-refractivity contribution is 5.86. The van der Waals surface area contributed by atoms with E-state index in [1.54, 1.807) is 13.1 Å². The standard InChI is InChI=1S/C20H28N4O4/c1-12(25)23-16-5-14-9-24(19-8-21-17(7-22-19)20(26)27-2)10-15(14)6-18(16)28-11-13-3-4-13/h7-8,13-16,18H,3-6,9-11H2,1-2H3,(H,23,25)/t14-,15+,16-,18-/m1/s1. The highest BCUT2D eigenvalue weighted by Crippen LogP contribution is 2.40. The summed E-state index contributed by atoms with van der Waals surface area (Å²) in [6.45, 7) is 4.15. The number of fused-ring (bicyclic) bond motifs is 1. The quantitative estimate of drug-likeness (QED) is 0.737. The molecule has 8 nitrogen and oxygen atoms in total. The summed E-state index contributed by atoms with van der Waals surface area (Å²) in [7, 11) is 1.33. The van der Waals surface area contributed by atoms with Crippen LogP contribution in [0.4, 0.5) is 5.82 Å². The average Bonchev–Trinajstić information content (AvgIpc) is 3.43. The summed E-state index contributed by atoms with van der Waals surface area (Å²) in [5.74, 6) is 1.99. The van der Waals surface area contributed by atoms with Gasteiger partial charge < -0.3 is 19.7 Å². The number of aromatic nitrogens is 2. The molecule has 1 aromatic heterocycles. The van der Waals surface area contributed by atoms with Gasteiger partial charge in [0.2, 0.25) is 5.91 Å². The number of hydrogen-bond donors (Lipinski definition) is 1. The van der Waals surface area contributed by atoms with Crippen molar-refractivity contribution >= 4 is 17.7 Å². The van der Waals surface area contributed by atoms with Crippen molar-refractivity contribution in [3.63, 3.8) is 0 Å². The van der Waals surface area contributed by atoms with Gasteiger partial charge >= 0.3 is 5.97 Å². The maximum atomic E-state index is 11.7. The lowest BCUT2D eigenvalue weighted by molar-refractivity contribution is -0.122. The zero-order valence-corrected chi connectivity index (χ0v) is 16.5. The first-order chi connectivity index (χ1) is 13.5. The van der Waals surface area contributed by atoms with Gasteiger partial charge in [-0.05, 0) is 43.4 Å². The molecule has 3 aliphatic rings. The van der Waals surface area contributed by atoms with Crippen molar-refractivity contribution in [2.24, 2.45) is 17.8 Å². The fourth-order valence-corrected chi connectivity index (χ4v) is 4.44. The lowest BCUT2D eigenvalue weighted by Gasteiger charge is -2.38. The molecule has 2 saturated carbocycles. The first-order valence-corrected chi connectivity index (χ1v) is 10.1. The van der Waals surface area contributed by atoms with Gasteiger partial charge in [-0.1, -0.05) is 0 Å². The monoisotopic (exact) mass is 388 g/mol. The predicted octanol–water partition coefficient (Wildman–Crippen LogP) is 1.41. The van der Waals surface area contributed by atoms with Crippen LogP contribution in [0.2, 0.25) is 0 Å². The number of nitrogens with zero attached hydrogens (tertiary/aromatic N) is 3. The summed E-state index contributed by atoms with van der Waals surface area (Å²) < 4.78 is 10.9. The minimum atomic E-state index is -0.483. The SMILES string of the molecule is COC(=O)c1cnc(N2C[C@H]3C[C@@H](NC(C)=O)[C@H](OCC4CC4)C[C@H]3C2)cn1. The Kier molecular flexibility index (Phi) is 5.48. The minimum absolute atomic E-state index is 0.00240. The molecular weight excluding hydrogens is 360 g/mol. The molecule has 0 unspecified atom stereocenters. The van der Waals surface area contributed by atoms with Gasteiger partial charge in [0.15, 0.2) is 5.69 Å². The van der Waals surface area contributed by atoms with Gasteiger partial charge in [-0.3, -0.25) is 4.79 Å². The van der Waals surface area contributed by atoms with Gasteiger partial charge in [0.05, 0.1) is 31.6 Å². The van der Waals surface area contributed by atoms with Crippen LogP contribution in [-0.4, -0.2) is 60.8 Å². The molecule has 0 bridgehead atoms. The second-order valence-electron chi connectivity index (χ2n) is 8.27. The highest BCUT2D eigenvalue weighted by atomic mass is 16.5. The molecule has 2 heterocycles. The van der Waals surface area contributed by atoms with E-state index in [0.29, 0.717) is 17.8 Å². The molecule has 4 rings (SSSR count). The molecule has 1 amide bonds. The van der Waals surface area contributed by atoms with Crippen LogP contribution in [0.5, 0.6) is 0 Å². The Morgan fingerprint density at radius 3 is 2.54 bits per heavy atom. The molecule has 0 radical (unpaired) electrons. The first kappa shape index (κ1) is 19.1. The third-order valence-electron chi connectivity index (χ3n) is 6.11. The average molecular weight is 388 g/mol. The number of esters is 1. The normalized spacial score (nSPS) is 29.3. The Morgan fingerprint density at radius 1 is 1.18 bits per heavy atom. The van der Waals surface area contributed by atoms with Gasteiger partial charge in [0, 0.05) is 26.6 Å². The van der Waals surface area contributed by atoms with E-state index < -0.39 is 5.97 Å². The van der Waals surface area contributed by atoms with Gasteiger partial charge in [-0.25, -0.2) is 14.8 Å². The van der Waals surface area contributed by atoms with E-state index in [9.17, 15) is 9.59 Å². The van der Waals surface area contributed by atoms with Gasteiger partial charge in [-0.15, -0.1) is 0 Å². The van der Waals surface area contributed by atoms with E-state index in [1.807, 2.05) is 0 Å². The topological polar surface area (TPSA) is 93.7 Å². The summed E-state index contributed by atoms with van der Waals surface area (Å²) in [5.41, 5.74) is 0.210. The number of anilines is 1. The molecule has 8 heteroatoms. The molecule has 0 spiro atoms. The number of ether oxygens (including phenoxy) is 2. The molecule has 152 valence electrons. The molecule has 0 aromatic carbocycles. The number of hydrogen-bond acceptors (Lipinski definition) is 7. The van der Waals surface area contributed by atoms with E-state index in [1.165, 1.54) is 26.1 Å². The molecule has 1 saturated heterocycles. The Balaban J connectivity index is 1.41. The number of methoxy groups -OCH3 is 1. The number of rotatable bonds is 6. The van der Waals surface area contributed by atoms with E-state index in [0.717, 1.165) is 38.4 Å². The number of carbonyl (C=O) groups is 2. The van der Waals surface area contributed by atoms with Crippen molar-refractivity contribution in [1.29, 1.82) is 0 Å². The van der Waals surface area contributed by atoms with Crippen molar-refractivity contribution < 1.29 is 19.1 Å². The van der Waals surface area contributed by atoms with Crippen LogP contribution < -0.4 is 10.2 Å². The number of amides is 1. The summed E-state index contributed by atoms with van der Waals surface area (Å²) in [6.07, 6.45) is 7.57. The lowest BCUT2D eigenvalue weighted by atomic mass is 9.77. The zero-order valence-electron chi connectivity index (χ0n) is 16.5. The Bertz CT molecular complexity index is 721. The Labute approximate surface area is 165 Å². The van der Waals surface area contributed by atoms with E-state index in [4.69, 9.17) is 4.74 Å². The fourth-order valence-electron chi connectivity index (χ4n) is 4.44. The molecule has 4 atom stereocenters. The minimum Gasteiger partial charge on any atom is -0.464 e. The fraction of sp³-hybridized carbons (Fsp3) is 0.700. The first-order valence-electron chi connectivity index (χ1n) is 10.1. The number of nitrogens with one attached hydrogen (secondary N) is 1. The van der Waals surface area contributed by atoms with Crippen molar-refractivity contribution in [1.82, 2.24) is 15.3 Å². The lowest BCUT2D eigenvalue weighted by Crippen LogP contribution is -2.50. The largest absolute Gasteiger partial charge is 0.464 e. The zero-order chi connectivity index (χ0) is 19.7. The predicted molar refractivity (Wildman–Crippen MR) is 102 cm³/mol. The molecule has 28 heavy (non-hydrogen) atoms. The van der Waals surface area contributed by atoms with Crippen LogP contribution in [0.1, 0.15) is 43.1 Å². The summed E-state index contributed by atoms with van der Waals surface area (Å²) in [5, 5.41) is 3.11. The van der Waals surface area contributed by atoms with E-state index >= 15 is 0 Å². The van der Waals surface area contributed by atoms with Crippen LogP contribution in [0.25, 0.3) is 0 Å². The van der Waals surface area contributed by atoms with Crippen molar-refractivity contribution in [3.8, 4) is 0 Å². The van der Waals surface area contributed by atoms with Crippen LogP contribution in [0.3, 0.4) is 0 Å². The summed E-state index contributed by atoms with van der Waals surface area (Å²) in [6, 6.07) is 0.0743. The third kappa shape index (κ3) is 4.27. The Hall–Kier alpha value is -2.22. The summed E-state index contributed by atoms with van der Waals surface area (Å²) in [4.78, 5) is 34.0. The third-order valence-corrected chi connectivity index (χ3v) is 6.11. The molecule has 2 aliphatic carbocycles. The van der Waals surface area contributed by atoms with Gasteiger partial charge in [0.25, 0.3) is 0 Å². The molecule has 1 aromatic rings. The smallest absolute Gasteiger partial charge is 0.358 e. The molecule has 1 N–H and O–H groups in total. The Morgan fingerprint density at radius 2 is 1.93 bits per heavy atom. The second-order valence-corrected chi connectivity index (χ2v) is 8.27. The van der Waals surface area contributed by atoms with Crippen LogP contribution in [-0.2, 0) is 14.3 Å². The van der Waals surface area contributed by atoms with Crippen molar-refractivity contribution in [2.75, 3.05) is 31.7 Å². The van der Waals surface area contributed by atoms with Gasteiger partial charge in [0.1, 0.15) is 5.82 Å². The van der Waals surface area contributed by atoms with Crippen LogP contribution in [0.15, 0.2) is 12.4 Å². The maximum Gasteiger partial charge on any atom is 0.358 e. The highest BCUT2D eigenvalue weighted by Gasteiger charge is 2.43.